The van der Waals surface area contributed by atoms with E-state index in [2.05, 4.69) is 5.32 Å². The molecule has 0 saturated heterocycles. The number of rotatable bonds is 11. The molecule has 0 atom stereocenters. The molecule has 6 nitrogen and oxygen atoms in total. The monoisotopic (exact) mass is 254 g/mol. The minimum absolute atomic E-state index is 0.0165. The SMILES string of the molecule is COCCOCCCCNCCS(N)(=O)=O. The predicted molar refractivity (Wildman–Crippen MR) is 62.8 cm³/mol. The molecular formula is C9H22N2O4S. The van der Waals surface area contributed by atoms with Gasteiger partial charge in [0.2, 0.25) is 10.0 Å². The summed E-state index contributed by atoms with van der Waals surface area (Å²) in [5, 5.41) is 7.85. The lowest BCUT2D eigenvalue weighted by Crippen LogP contribution is -2.27. The largest absolute Gasteiger partial charge is 0.382 e. The Morgan fingerprint density at radius 2 is 1.88 bits per heavy atom. The molecule has 0 amide bonds. The van der Waals surface area contributed by atoms with Crippen LogP contribution in [-0.2, 0) is 19.5 Å². The van der Waals surface area contributed by atoms with Gasteiger partial charge in [0.05, 0.1) is 19.0 Å². The second-order valence-corrected chi connectivity index (χ2v) is 5.16. The average molecular weight is 254 g/mol. The molecule has 0 saturated carbocycles. The molecular weight excluding hydrogens is 232 g/mol. The summed E-state index contributed by atoms with van der Waals surface area (Å²) in [5.41, 5.74) is 0. The van der Waals surface area contributed by atoms with Crippen LogP contribution in [0.25, 0.3) is 0 Å². The van der Waals surface area contributed by atoms with Gasteiger partial charge in [-0.25, -0.2) is 13.6 Å². The van der Waals surface area contributed by atoms with Crippen molar-refractivity contribution in [3.8, 4) is 0 Å². The Kier molecular flexibility index (Phi) is 9.85. The summed E-state index contributed by atoms with van der Waals surface area (Å²) in [6.45, 7) is 3.13. The second kappa shape index (κ2) is 9.98. The van der Waals surface area contributed by atoms with E-state index in [1.54, 1.807) is 7.11 Å². The molecule has 0 aliphatic rings. The number of methoxy groups -OCH3 is 1. The van der Waals surface area contributed by atoms with Gasteiger partial charge in [-0.2, -0.15) is 0 Å². The average Bonchev–Trinajstić information content (AvgIpc) is 2.19. The first-order valence-electron chi connectivity index (χ1n) is 5.34. The second-order valence-electron chi connectivity index (χ2n) is 3.43. The van der Waals surface area contributed by atoms with Crippen LogP contribution in [0.15, 0.2) is 0 Å². The zero-order valence-electron chi connectivity index (χ0n) is 9.78. The Morgan fingerprint density at radius 3 is 2.50 bits per heavy atom. The molecule has 0 aliphatic heterocycles. The van der Waals surface area contributed by atoms with E-state index in [9.17, 15) is 8.42 Å². The number of nitrogens with two attached hydrogens (primary N) is 1. The Labute approximate surface area is 97.5 Å². The van der Waals surface area contributed by atoms with Crippen molar-refractivity contribution in [2.24, 2.45) is 5.14 Å². The normalized spacial score (nSPS) is 11.9. The van der Waals surface area contributed by atoms with Crippen LogP contribution in [0.1, 0.15) is 12.8 Å². The minimum Gasteiger partial charge on any atom is -0.382 e. The van der Waals surface area contributed by atoms with Gasteiger partial charge in [-0.15, -0.1) is 0 Å². The van der Waals surface area contributed by atoms with E-state index in [-0.39, 0.29) is 5.75 Å². The van der Waals surface area contributed by atoms with Gasteiger partial charge in [0.25, 0.3) is 0 Å². The van der Waals surface area contributed by atoms with Crippen molar-refractivity contribution in [2.75, 3.05) is 45.8 Å². The summed E-state index contributed by atoms with van der Waals surface area (Å²) in [6, 6.07) is 0. The molecule has 0 rings (SSSR count). The Hall–Kier alpha value is -0.210. The molecule has 0 unspecified atom stereocenters. The molecule has 0 aromatic carbocycles. The third kappa shape index (κ3) is 13.8. The highest BCUT2D eigenvalue weighted by molar-refractivity contribution is 7.89. The third-order valence-corrected chi connectivity index (χ3v) is 2.66. The van der Waals surface area contributed by atoms with Crippen LogP contribution in [-0.4, -0.2) is 54.2 Å². The fourth-order valence-electron chi connectivity index (χ4n) is 1.04. The number of primary sulfonamides is 1. The summed E-state index contributed by atoms with van der Waals surface area (Å²) in [6.07, 6.45) is 1.91. The van der Waals surface area contributed by atoms with Crippen LogP contribution in [0.3, 0.4) is 0 Å². The third-order valence-electron chi connectivity index (χ3n) is 1.89. The first-order chi connectivity index (χ1) is 7.56. The van der Waals surface area contributed by atoms with Crippen LogP contribution >= 0.6 is 0 Å². The van der Waals surface area contributed by atoms with Gasteiger partial charge in [0.1, 0.15) is 0 Å². The summed E-state index contributed by atoms with van der Waals surface area (Å²) in [7, 11) is -1.70. The van der Waals surface area contributed by atoms with E-state index in [1.807, 2.05) is 0 Å². The molecule has 7 heteroatoms. The quantitative estimate of drug-likeness (QED) is 0.476. The molecule has 0 radical (unpaired) electrons. The van der Waals surface area contributed by atoms with Crippen molar-refractivity contribution in [3.63, 3.8) is 0 Å². The lowest BCUT2D eigenvalue weighted by atomic mass is 10.3. The van der Waals surface area contributed by atoms with Gasteiger partial charge in [-0.3, -0.25) is 0 Å². The van der Waals surface area contributed by atoms with Crippen molar-refractivity contribution in [1.82, 2.24) is 5.32 Å². The molecule has 0 aromatic heterocycles. The molecule has 0 aliphatic carbocycles. The number of ether oxygens (including phenoxy) is 2. The zero-order valence-corrected chi connectivity index (χ0v) is 10.6. The smallest absolute Gasteiger partial charge is 0.210 e. The van der Waals surface area contributed by atoms with Crippen LogP contribution in [0, 0.1) is 0 Å². The Balaban J connectivity index is 3.05. The molecule has 98 valence electrons. The van der Waals surface area contributed by atoms with Crippen molar-refractivity contribution in [3.05, 3.63) is 0 Å². The molecule has 0 fully saturated rings. The lowest BCUT2D eigenvalue weighted by Gasteiger charge is -2.05. The summed E-state index contributed by atoms with van der Waals surface area (Å²) in [5.74, 6) is -0.0165. The number of sulfonamides is 1. The number of nitrogens with one attached hydrogen (secondary N) is 1. The maximum atomic E-state index is 10.6. The minimum atomic E-state index is -3.33. The maximum absolute atomic E-state index is 10.6. The Bertz CT molecular complexity index is 244. The molecule has 0 heterocycles. The van der Waals surface area contributed by atoms with E-state index in [0.717, 1.165) is 19.4 Å². The van der Waals surface area contributed by atoms with Crippen molar-refractivity contribution in [1.29, 1.82) is 0 Å². The topological polar surface area (TPSA) is 90.7 Å². The van der Waals surface area contributed by atoms with Crippen LogP contribution in [0.4, 0.5) is 0 Å². The van der Waals surface area contributed by atoms with E-state index < -0.39 is 10.0 Å². The van der Waals surface area contributed by atoms with Gasteiger partial charge in [-0.05, 0) is 19.4 Å². The van der Waals surface area contributed by atoms with Crippen molar-refractivity contribution >= 4 is 10.0 Å². The Morgan fingerprint density at radius 1 is 1.12 bits per heavy atom. The fourth-order valence-corrected chi connectivity index (χ4v) is 1.47. The van der Waals surface area contributed by atoms with Gasteiger partial charge in [-0.1, -0.05) is 0 Å². The van der Waals surface area contributed by atoms with Crippen molar-refractivity contribution in [2.45, 2.75) is 12.8 Å². The molecule has 0 bridgehead atoms. The predicted octanol–water partition coefficient (Wildman–Crippen LogP) is -0.692. The first kappa shape index (κ1) is 15.8. The highest BCUT2D eigenvalue weighted by Crippen LogP contribution is 1.88. The molecule has 3 N–H and O–H groups in total. The maximum Gasteiger partial charge on any atom is 0.210 e. The molecule has 16 heavy (non-hydrogen) atoms. The number of hydrogen-bond acceptors (Lipinski definition) is 5. The van der Waals surface area contributed by atoms with Crippen LogP contribution in [0.2, 0.25) is 0 Å². The van der Waals surface area contributed by atoms with Gasteiger partial charge >= 0.3 is 0 Å². The van der Waals surface area contributed by atoms with Gasteiger partial charge < -0.3 is 14.8 Å². The highest BCUT2D eigenvalue weighted by Gasteiger charge is 2.00. The summed E-state index contributed by atoms with van der Waals surface area (Å²) >= 11 is 0. The van der Waals surface area contributed by atoms with E-state index in [4.69, 9.17) is 14.6 Å². The number of unbranched alkanes of at least 4 members (excludes halogenated alkanes) is 1. The fraction of sp³-hybridized carbons (Fsp3) is 1.00. The summed E-state index contributed by atoms with van der Waals surface area (Å²) in [4.78, 5) is 0. The van der Waals surface area contributed by atoms with E-state index in [0.29, 0.717) is 26.4 Å². The van der Waals surface area contributed by atoms with E-state index in [1.165, 1.54) is 0 Å². The summed E-state index contributed by atoms with van der Waals surface area (Å²) < 4.78 is 31.2. The zero-order chi connectivity index (χ0) is 12.3. The number of hydrogen-bond donors (Lipinski definition) is 2. The molecule has 0 spiro atoms. The van der Waals surface area contributed by atoms with Gasteiger partial charge in [0.15, 0.2) is 0 Å². The van der Waals surface area contributed by atoms with Crippen LogP contribution in [0.5, 0.6) is 0 Å². The van der Waals surface area contributed by atoms with Crippen molar-refractivity contribution < 1.29 is 17.9 Å². The standard InChI is InChI=1S/C9H22N2O4S/c1-14-7-8-15-6-3-2-4-11-5-9-16(10,12)13/h11H,2-9H2,1H3,(H2,10,12,13). The van der Waals surface area contributed by atoms with Gasteiger partial charge in [0, 0.05) is 20.3 Å². The lowest BCUT2D eigenvalue weighted by molar-refractivity contribution is 0.0688. The first-order valence-corrected chi connectivity index (χ1v) is 7.05. The van der Waals surface area contributed by atoms with E-state index >= 15 is 0 Å². The van der Waals surface area contributed by atoms with Crippen LogP contribution < -0.4 is 10.5 Å². The highest BCUT2D eigenvalue weighted by atomic mass is 32.2. The molecule has 0 aromatic rings.